The quantitative estimate of drug-likeness (QED) is 0.707. The molecule has 6 heteroatoms. The molecule has 1 aliphatic heterocycles. The molecule has 0 atom stereocenters. The second-order valence-corrected chi connectivity index (χ2v) is 3.92. The summed E-state index contributed by atoms with van der Waals surface area (Å²) < 4.78 is 24.2. The second-order valence-electron chi connectivity index (χ2n) is 3.92. The zero-order chi connectivity index (χ0) is 12.4. The minimum atomic E-state index is -2.43. The number of nitrogens with two attached hydrogens (primary N) is 1. The van der Waals surface area contributed by atoms with Crippen LogP contribution >= 0.6 is 0 Å². The molecule has 0 saturated carbocycles. The summed E-state index contributed by atoms with van der Waals surface area (Å²) in [6.45, 7) is -0.435. The average Bonchev–Trinajstić information content (AvgIpc) is 2.26. The number of nitrogen functional groups attached to an aromatic ring is 1. The van der Waals surface area contributed by atoms with Crippen LogP contribution in [0.3, 0.4) is 0 Å². The van der Waals surface area contributed by atoms with E-state index in [1.807, 2.05) is 0 Å². The smallest absolute Gasteiger partial charge is 0.255 e. The number of fused-ring (bicyclic) bond motifs is 1. The second kappa shape index (κ2) is 4.57. The molecular formula is C11H13F2N3O. The summed E-state index contributed by atoms with van der Waals surface area (Å²) in [5, 5.41) is 5.28. The molecule has 0 bridgehead atoms. The number of rotatable bonds is 3. The zero-order valence-electron chi connectivity index (χ0n) is 9.09. The number of carbonyl (C=O) groups excluding carboxylic acids is 1. The third-order valence-corrected chi connectivity index (χ3v) is 2.62. The van der Waals surface area contributed by atoms with E-state index in [1.54, 1.807) is 12.1 Å². The van der Waals surface area contributed by atoms with Crippen LogP contribution in [0.25, 0.3) is 0 Å². The van der Waals surface area contributed by atoms with Crippen molar-refractivity contribution in [2.45, 2.75) is 19.3 Å². The molecular weight excluding hydrogens is 228 g/mol. The van der Waals surface area contributed by atoms with E-state index in [1.165, 1.54) is 0 Å². The van der Waals surface area contributed by atoms with E-state index in [-0.39, 0.29) is 5.91 Å². The zero-order valence-corrected chi connectivity index (χ0v) is 9.09. The predicted octanol–water partition coefficient (Wildman–Crippen LogP) is 1.83. The summed E-state index contributed by atoms with van der Waals surface area (Å²) in [7, 11) is 0. The molecule has 4 nitrogen and oxygen atoms in total. The van der Waals surface area contributed by atoms with Crippen LogP contribution in [-0.4, -0.2) is 18.9 Å². The van der Waals surface area contributed by atoms with Gasteiger partial charge in [0.2, 0.25) is 5.91 Å². The van der Waals surface area contributed by atoms with Crippen LogP contribution in [0.5, 0.6) is 0 Å². The molecule has 0 aromatic heterocycles. The Morgan fingerprint density at radius 2 is 2.18 bits per heavy atom. The Kier molecular flexibility index (Phi) is 3.12. The van der Waals surface area contributed by atoms with Gasteiger partial charge in [-0.05, 0) is 24.1 Å². The lowest BCUT2D eigenvalue weighted by Gasteiger charge is -2.19. The van der Waals surface area contributed by atoms with Crippen molar-refractivity contribution in [1.29, 1.82) is 0 Å². The van der Waals surface area contributed by atoms with Crippen molar-refractivity contribution in [3.63, 3.8) is 0 Å². The molecule has 0 unspecified atom stereocenters. The molecule has 1 amide bonds. The Hall–Kier alpha value is -1.85. The van der Waals surface area contributed by atoms with Crippen molar-refractivity contribution in [3.05, 3.63) is 17.7 Å². The SMILES string of the molecule is Nc1cc2c(cc1NCC(F)F)CCC(=O)N2. The third kappa shape index (κ3) is 2.64. The maximum absolute atomic E-state index is 12.1. The van der Waals surface area contributed by atoms with Crippen LogP contribution in [0.4, 0.5) is 25.8 Å². The first-order valence-electron chi connectivity index (χ1n) is 5.30. The number of benzene rings is 1. The highest BCUT2D eigenvalue weighted by Crippen LogP contribution is 2.30. The fraction of sp³-hybridized carbons (Fsp3) is 0.364. The number of alkyl halides is 2. The van der Waals surface area contributed by atoms with Gasteiger partial charge in [-0.2, -0.15) is 0 Å². The number of hydrogen-bond donors (Lipinski definition) is 3. The first kappa shape index (κ1) is 11.6. The van der Waals surface area contributed by atoms with Gasteiger partial charge in [-0.15, -0.1) is 0 Å². The molecule has 1 aromatic carbocycles. The molecule has 0 radical (unpaired) electrons. The van der Waals surface area contributed by atoms with Crippen molar-refractivity contribution in [2.75, 3.05) is 22.9 Å². The van der Waals surface area contributed by atoms with Gasteiger partial charge in [-0.25, -0.2) is 8.78 Å². The molecule has 1 aliphatic rings. The highest BCUT2D eigenvalue weighted by molar-refractivity contribution is 5.95. The summed E-state index contributed by atoms with van der Waals surface area (Å²) in [5.41, 5.74) is 8.14. The topological polar surface area (TPSA) is 67.1 Å². The third-order valence-electron chi connectivity index (χ3n) is 2.62. The Bertz CT molecular complexity index is 449. The minimum absolute atomic E-state index is 0.0508. The van der Waals surface area contributed by atoms with Crippen molar-refractivity contribution in [1.82, 2.24) is 0 Å². The van der Waals surface area contributed by atoms with E-state index in [4.69, 9.17) is 5.73 Å². The van der Waals surface area contributed by atoms with Gasteiger partial charge in [0, 0.05) is 12.1 Å². The first-order valence-corrected chi connectivity index (χ1v) is 5.30. The van der Waals surface area contributed by atoms with Crippen LogP contribution in [-0.2, 0) is 11.2 Å². The highest BCUT2D eigenvalue weighted by Gasteiger charge is 2.16. The maximum Gasteiger partial charge on any atom is 0.255 e. The fourth-order valence-electron chi connectivity index (χ4n) is 1.79. The van der Waals surface area contributed by atoms with E-state index < -0.39 is 13.0 Å². The van der Waals surface area contributed by atoms with E-state index in [9.17, 15) is 13.6 Å². The van der Waals surface area contributed by atoms with Crippen molar-refractivity contribution in [3.8, 4) is 0 Å². The summed E-state index contributed by atoms with van der Waals surface area (Å²) in [5.74, 6) is -0.0508. The summed E-state index contributed by atoms with van der Waals surface area (Å²) >= 11 is 0. The van der Waals surface area contributed by atoms with Gasteiger partial charge >= 0.3 is 0 Å². The number of aryl methyl sites for hydroxylation is 1. The lowest BCUT2D eigenvalue weighted by molar-refractivity contribution is -0.116. The Labute approximate surface area is 97.2 Å². The number of carbonyl (C=O) groups is 1. The number of anilines is 3. The van der Waals surface area contributed by atoms with Crippen molar-refractivity contribution >= 4 is 23.0 Å². The largest absolute Gasteiger partial charge is 0.397 e. The maximum atomic E-state index is 12.1. The van der Waals surface area contributed by atoms with Gasteiger partial charge in [0.15, 0.2) is 0 Å². The van der Waals surface area contributed by atoms with Gasteiger partial charge in [0.25, 0.3) is 6.43 Å². The normalized spacial score (nSPS) is 14.4. The number of halogens is 2. The lowest BCUT2D eigenvalue weighted by atomic mass is 10.0. The van der Waals surface area contributed by atoms with Crippen LogP contribution in [0.1, 0.15) is 12.0 Å². The molecule has 0 saturated heterocycles. The average molecular weight is 241 g/mol. The van der Waals surface area contributed by atoms with E-state index in [0.717, 1.165) is 5.56 Å². The molecule has 1 aromatic rings. The van der Waals surface area contributed by atoms with Crippen LogP contribution in [0.2, 0.25) is 0 Å². The molecule has 0 spiro atoms. The Morgan fingerprint density at radius 1 is 1.41 bits per heavy atom. The van der Waals surface area contributed by atoms with Gasteiger partial charge < -0.3 is 16.4 Å². The molecule has 0 fully saturated rings. The summed E-state index contributed by atoms with van der Waals surface area (Å²) in [6.07, 6.45) is -1.42. The first-order chi connectivity index (χ1) is 8.06. The fourth-order valence-corrected chi connectivity index (χ4v) is 1.79. The van der Waals surface area contributed by atoms with Crippen molar-refractivity contribution in [2.24, 2.45) is 0 Å². The minimum Gasteiger partial charge on any atom is -0.397 e. The monoisotopic (exact) mass is 241 g/mol. The van der Waals surface area contributed by atoms with Gasteiger partial charge in [-0.3, -0.25) is 4.79 Å². The standard InChI is InChI=1S/C11H13F2N3O/c12-10(13)5-15-9-3-6-1-2-11(17)16-8(6)4-7(9)14/h3-4,10,15H,1-2,5,14H2,(H,16,17). The molecule has 92 valence electrons. The highest BCUT2D eigenvalue weighted by atomic mass is 19.3. The number of amides is 1. The summed E-state index contributed by atoms with van der Waals surface area (Å²) in [4.78, 5) is 11.2. The van der Waals surface area contributed by atoms with Crippen LogP contribution < -0.4 is 16.4 Å². The molecule has 0 aliphatic carbocycles. The molecule has 2 rings (SSSR count). The van der Waals surface area contributed by atoms with Crippen molar-refractivity contribution < 1.29 is 13.6 Å². The summed E-state index contributed by atoms with van der Waals surface area (Å²) in [6, 6.07) is 3.31. The van der Waals surface area contributed by atoms with Gasteiger partial charge in [0.1, 0.15) is 0 Å². The Balaban J connectivity index is 2.22. The Morgan fingerprint density at radius 3 is 2.88 bits per heavy atom. The molecule has 17 heavy (non-hydrogen) atoms. The predicted molar refractivity (Wildman–Crippen MR) is 62.3 cm³/mol. The van der Waals surface area contributed by atoms with E-state index in [0.29, 0.717) is 29.9 Å². The lowest BCUT2D eigenvalue weighted by Crippen LogP contribution is -2.20. The van der Waals surface area contributed by atoms with E-state index >= 15 is 0 Å². The molecule has 1 heterocycles. The van der Waals surface area contributed by atoms with Gasteiger partial charge in [0.05, 0.1) is 17.9 Å². The number of nitrogens with one attached hydrogen (secondary N) is 2. The molecule has 4 N–H and O–H groups in total. The van der Waals surface area contributed by atoms with Gasteiger partial charge in [-0.1, -0.05) is 0 Å². The number of hydrogen-bond acceptors (Lipinski definition) is 3. The van der Waals surface area contributed by atoms with Crippen LogP contribution in [0, 0.1) is 0 Å². The van der Waals surface area contributed by atoms with Crippen LogP contribution in [0.15, 0.2) is 12.1 Å². The van der Waals surface area contributed by atoms with E-state index in [2.05, 4.69) is 10.6 Å².